The molecule has 0 fully saturated rings. The van der Waals surface area contributed by atoms with E-state index < -0.39 is 16.9 Å². The standard InChI is InChI=1S/C34H23Cl2NO6/c35-26-11-15-31(24(19-26)17-22-7-3-1-4-8-22)42-33(38)29-14-13-28(37(40)41)21-30(29)34(39)43-32-16-12-27(36)20-25(32)18-23-9-5-2-6-10-23/h1-16,19-21H,17-18H2. The number of benzene rings is 5. The summed E-state index contributed by atoms with van der Waals surface area (Å²) < 4.78 is 11.4. The number of esters is 2. The third-order valence-corrected chi connectivity index (χ3v) is 7.05. The minimum absolute atomic E-state index is 0.199. The number of non-ortho nitro benzene ring substituents is 1. The first kappa shape index (κ1) is 29.5. The predicted molar refractivity (Wildman–Crippen MR) is 164 cm³/mol. The summed E-state index contributed by atoms with van der Waals surface area (Å²) in [7, 11) is 0. The van der Waals surface area contributed by atoms with Gasteiger partial charge in [0.05, 0.1) is 16.1 Å². The Bertz CT molecular complexity index is 1810. The second-order valence-electron chi connectivity index (χ2n) is 9.59. The number of ether oxygens (including phenoxy) is 2. The van der Waals surface area contributed by atoms with Gasteiger partial charge in [0.2, 0.25) is 0 Å². The third kappa shape index (κ3) is 7.46. The van der Waals surface area contributed by atoms with Gasteiger partial charge in [0.25, 0.3) is 5.69 Å². The summed E-state index contributed by atoms with van der Waals surface area (Å²) >= 11 is 12.5. The zero-order valence-electron chi connectivity index (χ0n) is 22.5. The number of rotatable bonds is 9. The minimum Gasteiger partial charge on any atom is -0.423 e. The molecule has 0 spiro atoms. The van der Waals surface area contributed by atoms with Crippen LogP contribution in [0.15, 0.2) is 115 Å². The summed E-state index contributed by atoms with van der Waals surface area (Å²) in [6.45, 7) is 0. The van der Waals surface area contributed by atoms with Gasteiger partial charge in [0, 0.05) is 46.1 Å². The number of halogens is 2. The lowest BCUT2D eigenvalue weighted by Crippen LogP contribution is -2.19. The lowest BCUT2D eigenvalue weighted by atomic mass is 10.0. The van der Waals surface area contributed by atoms with Crippen molar-refractivity contribution >= 4 is 40.8 Å². The highest BCUT2D eigenvalue weighted by atomic mass is 35.5. The number of nitro groups is 1. The molecule has 5 rings (SSSR count). The van der Waals surface area contributed by atoms with Crippen LogP contribution in [-0.4, -0.2) is 16.9 Å². The molecule has 0 aliphatic carbocycles. The molecule has 0 radical (unpaired) electrons. The van der Waals surface area contributed by atoms with Gasteiger partial charge in [-0.3, -0.25) is 10.1 Å². The molecule has 0 unspecified atom stereocenters. The molecular weight excluding hydrogens is 589 g/mol. The number of carbonyl (C=O) groups excluding carboxylic acids is 2. The molecule has 5 aromatic rings. The Kier molecular flexibility index (Phi) is 9.15. The van der Waals surface area contributed by atoms with Crippen LogP contribution in [0.5, 0.6) is 11.5 Å². The lowest BCUT2D eigenvalue weighted by Gasteiger charge is -2.14. The van der Waals surface area contributed by atoms with Crippen molar-refractivity contribution < 1.29 is 24.0 Å². The molecule has 0 saturated carbocycles. The summed E-state index contributed by atoms with van der Waals surface area (Å²) in [5.74, 6) is -1.42. The Morgan fingerprint density at radius 1 is 0.605 bits per heavy atom. The molecule has 0 N–H and O–H groups in total. The summed E-state index contributed by atoms with van der Waals surface area (Å²) in [6, 6.07) is 32.0. The molecule has 5 aromatic carbocycles. The van der Waals surface area contributed by atoms with E-state index in [0.29, 0.717) is 34.0 Å². The van der Waals surface area contributed by atoms with Gasteiger partial charge >= 0.3 is 11.9 Å². The van der Waals surface area contributed by atoms with Crippen molar-refractivity contribution in [3.05, 3.63) is 169 Å². The van der Waals surface area contributed by atoms with Crippen molar-refractivity contribution in [2.24, 2.45) is 0 Å². The average Bonchev–Trinajstić information content (AvgIpc) is 3.00. The van der Waals surface area contributed by atoms with E-state index in [1.54, 1.807) is 30.3 Å². The SMILES string of the molecule is O=C(Oc1ccc(Cl)cc1Cc1ccccc1)c1ccc([N+](=O)[O-])cc1C(=O)Oc1ccc(Cl)cc1Cc1ccccc1. The molecule has 0 aliphatic heterocycles. The fraction of sp³-hybridized carbons (Fsp3) is 0.0588. The van der Waals surface area contributed by atoms with Gasteiger partial charge in [-0.1, -0.05) is 83.9 Å². The molecule has 0 amide bonds. The summed E-state index contributed by atoms with van der Waals surface area (Å²) in [5, 5.41) is 12.5. The van der Waals surface area contributed by atoms with Gasteiger partial charge in [-0.25, -0.2) is 9.59 Å². The van der Waals surface area contributed by atoms with Gasteiger partial charge in [0.1, 0.15) is 11.5 Å². The molecule has 43 heavy (non-hydrogen) atoms. The average molecular weight is 612 g/mol. The Labute approximate surface area is 257 Å². The molecule has 214 valence electrons. The van der Waals surface area contributed by atoms with Crippen molar-refractivity contribution in [3.8, 4) is 11.5 Å². The Morgan fingerprint density at radius 3 is 1.53 bits per heavy atom. The molecule has 0 aliphatic rings. The highest BCUT2D eigenvalue weighted by Crippen LogP contribution is 2.30. The van der Waals surface area contributed by atoms with E-state index in [-0.39, 0.29) is 28.3 Å². The number of hydrogen-bond acceptors (Lipinski definition) is 6. The Morgan fingerprint density at radius 2 is 1.07 bits per heavy atom. The first-order valence-electron chi connectivity index (χ1n) is 13.1. The van der Waals surface area contributed by atoms with Gasteiger partial charge in [0.15, 0.2) is 0 Å². The normalized spacial score (nSPS) is 10.7. The molecule has 0 atom stereocenters. The van der Waals surface area contributed by atoms with E-state index in [0.717, 1.165) is 23.3 Å². The summed E-state index contributed by atoms with van der Waals surface area (Å²) in [5.41, 5.74) is 2.28. The highest BCUT2D eigenvalue weighted by molar-refractivity contribution is 6.31. The van der Waals surface area contributed by atoms with Crippen molar-refractivity contribution in [1.82, 2.24) is 0 Å². The Balaban J connectivity index is 1.46. The molecular formula is C34H23Cl2NO6. The monoisotopic (exact) mass is 611 g/mol. The maximum Gasteiger partial charge on any atom is 0.344 e. The molecule has 0 saturated heterocycles. The lowest BCUT2D eigenvalue weighted by molar-refractivity contribution is -0.384. The van der Waals surface area contributed by atoms with Crippen molar-refractivity contribution in [2.75, 3.05) is 0 Å². The van der Waals surface area contributed by atoms with Crippen LogP contribution < -0.4 is 9.47 Å². The predicted octanol–water partition coefficient (Wildman–Crippen LogP) is 8.52. The van der Waals surface area contributed by atoms with Gasteiger partial charge in [-0.15, -0.1) is 0 Å². The first-order valence-corrected chi connectivity index (χ1v) is 13.9. The minimum atomic E-state index is -0.965. The number of hydrogen-bond donors (Lipinski definition) is 0. The topological polar surface area (TPSA) is 95.7 Å². The van der Waals surface area contributed by atoms with Crippen LogP contribution in [0, 0.1) is 10.1 Å². The number of carbonyl (C=O) groups is 2. The van der Waals surface area contributed by atoms with E-state index in [2.05, 4.69) is 0 Å². The maximum atomic E-state index is 13.5. The van der Waals surface area contributed by atoms with Crippen molar-refractivity contribution in [3.63, 3.8) is 0 Å². The van der Waals surface area contributed by atoms with E-state index in [9.17, 15) is 19.7 Å². The second kappa shape index (κ2) is 13.3. The zero-order valence-corrected chi connectivity index (χ0v) is 24.0. The number of nitro benzene ring substituents is 1. The van der Waals surface area contributed by atoms with Crippen LogP contribution in [0.25, 0.3) is 0 Å². The maximum absolute atomic E-state index is 13.5. The quantitative estimate of drug-likeness (QED) is 0.0717. The van der Waals surface area contributed by atoms with Crippen LogP contribution in [0.3, 0.4) is 0 Å². The van der Waals surface area contributed by atoms with E-state index >= 15 is 0 Å². The molecule has 0 bridgehead atoms. The third-order valence-electron chi connectivity index (χ3n) is 6.58. The Hall–Kier alpha value is -4.98. The van der Waals surface area contributed by atoms with Crippen LogP contribution in [0.2, 0.25) is 10.0 Å². The number of nitrogens with zero attached hydrogens (tertiary/aromatic N) is 1. The van der Waals surface area contributed by atoms with Gasteiger partial charge in [-0.05, 0) is 53.6 Å². The van der Waals surface area contributed by atoms with Crippen molar-refractivity contribution in [1.29, 1.82) is 0 Å². The molecule has 0 aromatic heterocycles. The van der Waals surface area contributed by atoms with Crippen LogP contribution in [0.1, 0.15) is 43.0 Å². The van der Waals surface area contributed by atoms with E-state index in [1.807, 2.05) is 60.7 Å². The summed E-state index contributed by atoms with van der Waals surface area (Å²) in [6.07, 6.45) is 0.842. The van der Waals surface area contributed by atoms with E-state index in [4.69, 9.17) is 32.7 Å². The smallest absolute Gasteiger partial charge is 0.344 e. The second-order valence-corrected chi connectivity index (χ2v) is 10.5. The van der Waals surface area contributed by atoms with Gasteiger partial charge < -0.3 is 9.47 Å². The molecule has 7 nitrogen and oxygen atoms in total. The van der Waals surface area contributed by atoms with Crippen LogP contribution >= 0.6 is 23.2 Å². The fourth-order valence-electron chi connectivity index (χ4n) is 4.51. The van der Waals surface area contributed by atoms with Gasteiger partial charge in [-0.2, -0.15) is 0 Å². The molecule has 0 heterocycles. The molecule has 9 heteroatoms. The fourth-order valence-corrected chi connectivity index (χ4v) is 4.89. The van der Waals surface area contributed by atoms with Crippen LogP contribution in [-0.2, 0) is 12.8 Å². The van der Waals surface area contributed by atoms with Crippen LogP contribution in [0.4, 0.5) is 5.69 Å². The zero-order chi connectivity index (χ0) is 30.3. The first-order chi connectivity index (χ1) is 20.8. The largest absolute Gasteiger partial charge is 0.423 e. The van der Waals surface area contributed by atoms with Crippen molar-refractivity contribution in [2.45, 2.75) is 12.8 Å². The highest BCUT2D eigenvalue weighted by Gasteiger charge is 2.25. The summed E-state index contributed by atoms with van der Waals surface area (Å²) in [4.78, 5) is 37.9. The van der Waals surface area contributed by atoms with E-state index in [1.165, 1.54) is 12.1 Å².